The molecule has 2 unspecified atom stereocenters. The minimum Gasteiger partial charge on any atom is -0.465 e. The molecule has 9 heteroatoms. The van der Waals surface area contributed by atoms with E-state index in [4.69, 9.17) is 4.74 Å². The van der Waals surface area contributed by atoms with E-state index >= 15 is 0 Å². The molecule has 7 nitrogen and oxygen atoms in total. The summed E-state index contributed by atoms with van der Waals surface area (Å²) in [5, 5.41) is 9.94. The van der Waals surface area contributed by atoms with Crippen molar-refractivity contribution < 1.29 is 28.2 Å². The average Bonchev–Trinajstić information content (AvgIpc) is 3.23. The molecule has 0 aliphatic carbocycles. The summed E-state index contributed by atoms with van der Waals surface area (Å²) in [7, 11) is 0. The van der Waals surface area contributed by atoms with Crippen LogP contribution in [-0.2, 0) is 4.74 Å². The smallest absolute Gasteiger partial charge is 0.387 e. The normalized spacial score (nSPS) is 21.9. The number of nitrogens with zero attached hydrogens (tertiary/aromatic N) is 3. The van der Waals surface area contributed by atoms with Crippen LogP contribution in [0.3, 0.4) is 0 Å². The van der Waals surface area contributed by atoms with E-state index in [-0.39, 0.29) is 35.6 Å². The van der Waals surface area contributed by atoms with Crippen molar-refractivity contribution in [1.29, 1.82) is 0 Å². The highest BCUT2D eigenvalue weighted by atomic mass is 19.3. The van der Waals surface area contributed by atoms with Gasteiger partial charge in [0.1, 0.15) is 5.75 Å². The number of rotatable bonds is 6. The van der Waals surface area contributed by atoms with Crippen LogP contribution in [0.1, 0.15) is 31.1 Å². The van der Waals surface area contributed by atoms with Crippen molar-refractivity contribution in [2.45, 2.75) is 33.0 Å². The Balaban J connectivity index is 1.65. The third kappa shape index (κ3) is 5.38. The van der Waals surface area contributed by atoms with Crippen LogP contribution < -0.4 is 4.74 Å². The molecule has 0 radical (unpaired) electrons. The fourth-order valence-electron chi connectivity index (χ4n) is 3.95. The van der Waals surface area contributed by atoms with Gasteiger partial charge in [-0.2, -0.15) is 8.78 Å². The summed E-state index contributed by atoms with van der Waals surface area (Å²) in [5.74, 6) is 0.0799. The lowest BCUT2D eigenvalue weighted by Crippen LogP contribution is -2.37. The number of alkyl halides is 2. The molecular formula is C21H29F2N3O4. The molecule has 2 aliphatic rings. The first-order valence-electron chi connectivity index (χ1n) is 10.2. The summed E-state index contributed by atoms with van der Waals surface area (Å²) < 4.78 is 35.5. The molecule has 3 rings (SSSR count). The number of carbonyl (C=O) groups is 1. The molecule has 2 heterocycles. The highest BCUT2D eigenvalue weighted by Crippen LogP contribution is 2.33. The van der Waals surface area contributed by atoms with Crippen molar-refractivity contribution in [3.63, 3.8) is 0 Å². The van der Waals surface area contributed by atoms with Crippen LogP contribution in [0.2, 0.25) is 0 Å². The van der Waals surface area contributed by atoms with Crippen molar-refractivity contribution in [2.75, 3.05) is 39.3 Å². The van der Waals surface area contributed by atoms with E-state index in [9.17, 15) is 18.7 Å². The average molecular weight is 425 g/mol. The molecule has 30 heavy (non-hydrogen) atoms. The van der Waals surface area contributed by atoms with Gasteiger partial charge in [0, 0.05) is 38.0 Å². The molecule has 1 aromatic rings. The van der Waals surface area contributed by atoms with E-state index in [1.807, 2.05) is 6.92 Å². The van der Waals surface area contributed by atoms with E-state index in [1.165, 1.54) is 12.1 Å². The van der Waals surface area contributed by atoms with E-state index in [0.717, 1.165) is 0 Å². The SMILES string of the molecule is CCOC(=NCC(C)(C)O)N1CC2CN(C(=O)c3ccccc3OC(F)F)CC2C1. The molecule has 0 saturated carbocycles. The zero-order valence-corrected chi connectivity index (χ0v) is 17.6. The highest BCUT2D eigenvalue weighted by Gasteiger charge is 2.43. The minimum atomic E-state index is -2.98. The highest BCUT2D eigenvalue weighted by molar-refractivity contribution is 5.97. The van der Waals surface area contributed by atoms with Gasteiger partial charge in [-0.3, -0.25) is 4.79 Å². The number of hydrogen-bond acceptors (Lipinski definition) is 5. The maximum Gasteiger partial charge on any atom is 0.387 e. The summed E-state index contributed by atoms with van der Waals surface area (Å²) in [5.41, 5.74) is -0.772. The molecule has 2 fully saturated rings. The lowest BCUT2D eigenvalue weighted by Gasteiger charge is -2.25. The van der Waals surface area contributed by atoms with E-state index in [1.54, 1.807) is 30.9 Å². The minimum absolute atomic E-state index is 0.103. The number of hydrogen-bond donors (Lipinski definition) is 1. The zero-order chi connectivity index (χ0) is 21.9. The number of halogens is 2. The van der Waals surface area contributed by atoms with Crippen LogP contribution in [0.4, 0.5) is 8.78 Å². The van der Waals surface area contributed by atoms with Gasteiger partial charge in [-0.25, -0.2) is 4.99 Å². The third-order valence-electron chi connectivity index (χ3n) is 5.25. The number of likely N-dealkylation sites (tertiary alicyclic amines) is 2. The van der Waals surface area contributed by atoms with Crippen molar-refractivity contribution in [3.05, 3.63) is 29.8 Å². The molecule has 0 aromatic heterocycles. The first-order valence-corrected chi connectivity index (χ1v) is 10.2. The number of carbonyl (C=O) groups excluding carboxylic acids is 1. The third-order valence-corrected chi connectivity index (χ3v) is 5.25. The first-order chi connectivity index (χ1) is 14.2. The van der Waals surface area contributed by atoms with Crippen molar-refractivity contribution in [3.8, 4) is 5.75 Å². The van der Waals surface area contributed by atoms with Gasteiger partial charge in [0.2, 0.25) is 0 Å². The Labute approximate surface area is 175 Å². The maximum absolute atomic E-state index is 12.9. The van der Waals surface area contributed by atoms with E-state index in [2.05, 4.69) is 14.6 Å². The van der Waals surface area contributed by atoms with Crippen LogP contribution in [-0.4, -0.2) is 78.4 Å². The lowest BCUT2D eigenvalue weighted by atomic mass is 10.0. The van der Waals surface area contributed by atoms with Gasteiger partial charge in [0.05, 0.1) is 24.3 Å². The summed E-state index contributed by atoms with van der Waals surface area (Å²) in [6.07, 6.45) is 0. The monoisotopic (exact) mass is 425 g/mol. The number of aliphatic hydroxyl groups is 1. The Hall–Kier alpha value is -2.42. The Morgan fingerprint density at radius 2 is 1.80 bits per heavy atom. The van der Waals surface area contributed by atoms with Gasteiger partial charge in [-0.1, -0.05) is 12.1 Å². The van der Waals surface area contributed by atoms with Gasteiger partial charge in [-0.05, 0) is 32.9 Å². The molecule has 2 aliphatic heterocycles. The van der Waals surface area contributed by atoms with Gasteiger partial charge < -0.3 is 24.4 Å². The van der Waals surface area contributed by atoms with Crippen molar-refractivity contribution in [2.24, 2.45) is 16.8 Å². The Morgan fingerprint density at radius 1 is 1.20 bits per heavy atom. The molecule has 1 aromatic carbocycles. The Morgan fingerprint density at radius 3 is 2.37 bits per heavy atom. The van der Waals surface area contributed by atoms with Gasteiger partial charge in [-0.15, -0.1) is 0 Å². The fourth-order valence-corrected chi connectivity index (χ4v) is 3.95. The number of aliphatic imine (C=N–C) groups is 1. The van der Waals surface area contributed by atoms with Crippen LogP contribution in [0, 0.1) is 11.8 Å². The molecule has 0 bridgehead atoms. The van der Waals surface area contributed by atoms with Crippen molar-refractivity contribution >= 4 is 11.9 Å². The predicted octanol–water partition coefficient (Wildman–Crippen LogP) is 2.46. The molecular weight excluding hydrogens is 396 g/mol. The number of amidine groups is 1. The molecule has 1 N–H and O–H groups in total. The summed E-state index contributed by atoms with van der Waals surface area (Å²) in [6, 6.07) is 6.61. The van der Waals surface area contributed by atoms with Crippen molar-refractivity contribution in [1.82, 2.24) is 9.80 Å². The van der Waals surface area contributed by atoms with Crippen LogP contribution in [0.25, 0.3) is 0 Å². The lowest BCUT2D eigenvalue weighted by molar-refractivity contribution is -0.0502. The largest absolute Gasteiger partial charge is 0.465 e. The summed E-state index contributed by atoms with van der Waals surface area (Å²) in [4.78, 5) is 21.1. The number of para-hydroxylation sites is 1. The second-order valence-corrected chi connectivity index (χ2v) is 8.35. The van der Waals surface area contributed by atoms with Crippen LogP contribution in [0.15, 0.2) is 29.3 Å². The van der Waals surface area contributed by atoms with E-state index < -0.39 is 12.2 Å². The maximum atomic E-state index is 12.9. The predicted molar refractivity (Wildman–Crippen MR) is 108 cm³/mol. The number of ether oxygens (including phenoxy) is 2. The molecule has 2 saturated heterocycles. The van der Waals surface area contributed by atoms with Gasteiger partial charge >= 0.3 is 6.61 Å². The zero-order valence-electron chi connectivity index (χ0n) is 17.6. The van der Waals surface area contributed by atoms with Crippen LogP contribution >= 0.6 is 0 Å². The standard InChI is InChI=1S/C21H29F2N3O4/c1-4-29-20(24-13-21(2,3)28)26-11-14-9-25(10-15(14)12-26)18(27)16-7-5-6-8-17(16)30-19(22)23/h5-8,14-15,19,28H,4,9-13H2,1-3H3. The summed E-state index contributed by atoms with van der Waals surface area (Å²) >= 11 is 0. The van der Waals surface area contributed by atoms with Gasteiger partial charge in [0.25, 0.3) is 11.9 Å². The molecule has 0 spiro atoms. The van der Waals surface area contributed by atoms with E-state index in [0.29, 0.717) is 38.8 Å². The Kier molecular flexibility index (Phi) is 6.80. The number of benzene rings is 1. The second-order valence-electron chi connectivity index (χ2n) is 8.35. The number of amides is 1. The van der Waals surface area contributed by atoms with Crippen LogP contribution in [0.5, 0.6) is 5.75 Å². The molecule has 166 valence electrons. The van der Waals surface area contributed by atoms with Gasteiger partial charge in [0.15, 0.2) is 0 Å². The topological polar surface area (TPSA) is 74.6 Å². The number of fused-ring (bicyclic) bond motifs is 1. The first kappa shape index (κ1) is 22.3. The molecule has 1 amide bonds. The second kappa shape index (κ2) is 9.16. The summed E-state index contributed by atoms with van der Waals surface area (Å²) in [6.45, 7) is 5.45. The quantitative estimate of drug-likeness (QED) is 0.560. The Bertz CT molecular complexity index is 768. The fraction of sp³-hybridized carbons (Fsp3) is 0.619. The molecule has 2 atom stereocenters.